The first-order chi connectivity index (χ1) is 50.8. The van der Waals surface area contributed by atoms with Gasteiger partial charge in [-0.2, -0.15) is 8.89 Å². The first-order valence-electron chi connectivity index (χ1n) is 35.6. The highest BCUT2D eigenvalue weighted by molar-refractivity contribution is 7.66. The molecule has 106 heavy (non-hydrogen) atoms. The van der Waals surface area contributed by atoms with Gasteiger partial charge in [-0.3, -0.25) is 33.3 Å². The van der Waals surface area contributed by atoms with Crippen LogP contribution in [-0.2, 0) is 75.7 Å². The molecule has 10 atom stereocenters. The van der Waals surface area contributed by atoms with Crippen LogP contribution in [0, 0.1) is 0 Å². The molecule has 7 heterocycles. The molecule has 29 nitrogen and oxygen atoms in total. The summed E-state index contributed by atoms with van der Waals surface area (Å²) < 4.78 is 92.1. The molecule has 4 aromatic carbocycles. The van der Waals surface area contributed by atoms with E-state index in [0.29, 0.717) is 43.7 Å². The number of aromatic amines is 1. The molecule has 5 aromatic rings. The lowest BCUT2D eigenvalue weighted by Gasteiger charge is -2.43. The van der Waals surface area contributed by atoms with Crippen molar-refractivity contribution in [2.24, 2.45) is 0 Å². The number of benzene rings is 4. The van der Waals surface area contributed by atoms with Gasteiger partial charge in [0.15, 0.2) is 18.5 Å². The topological polar surface area (TPSA) is 376 Å². The van der Waals surface area contributed by atoms with Crippen LogP contribution in [0.1, 0.15) is 131 Å². The van der Waals surface area contributed by atoms with E-state index in [2.05, 4.69) is 144 Å². The Labute approximate surface area is 613 Å². The molecule has 8 unspecified atom stereocenters. The first-order valence-corrected chi connectivity index (χ1v) is 40.1. The quantitative estimate of drug-likeness (QED) is 0.00634. The van der Waals surface area contributed by atoms with Gasteiger partial charge in [0.05, 0.1) is 49.1 Å². The number of rotatable bonds is 39. The Morgan fingerprint density at radius 1 is 0.849 bits per heavy atom. The average molecular weight is 1520 g/mol. The van der Waals surface area contributed by atoms with Crippen LogP contribution in [0.5, 0.6) is 5.75 Å². The highest BCUT2D eigenvalue weighted by Crippen LogP contribution is 2.65. The number of carbonyl (C=O) groups excluding carboxylic acids is 3. The number of hydrogen-bond acceptors (Lipinski definition) is 20. The summed E-state index contributed by atoms with van der Waals surface area (Å²) in [7, 11) is -17.4. The zero-order valence-electron chi connectivity index (χ0n) is 59.5. The third kappa shape index (κ3) is 19.1. The molecular weight excluding hydrogens is 1430 g/mol. The summed E-state index contributed by atoms with van der Waals surface area (Å²) >= 11 is 0. The number of carbonyl (C=O) groups is 3. The summed E-state index contributed by atoms with van der Waals surface area (Å²) in [5.41, 5.74) is 8.62. The lowest BCUT2D eigenvalue weighted by Crippen LogP contribution is -2.48. The van der Waals surface area contributed by atoms with Crippen molar-refractivity contribution in [2.45, 2.75) is 146 Å². The molecular formula is C74H92N7O22P3. The van der Waals surface area contributed by atoms with Gasteiger partial charge in [-0.15, -0.1) is 13.2 Å². The van der Waals surface area contributed by atoms with Crippen LogP contribution in [0.2, 0.25) is 0 Å². The highest BCUT2D eigenvalue weighted by atomic mass is 31.3. The van der Waals surface area contributed by atoms with Crippen LogP contribution in [0.4, 0.5) is 11.4 Å². The Morgan fingerprint density at radius 3 is 2.42 bits per heavy atom. The second-order valence-electron chi connectivity index (χ2n) is 27.1. The smallest absolute Gasteiger partial charge is 0.487 e. The van der Waals surface area contributed by atoms with Gasteiger partial charge in [0.1, 0.15) is 38.1 Å². The third-order valence-electron chi connectivity index (χ3n) is 19.7. The molecule has 6 aliphatic heterocycles. The maximum atomic E-state index is 13.5. The van der Waals surface area contributed by atoms with Gasteiger partial charge in [-0.05, 0) is 112 Å². The number of aromatic nitrogens is 2. The van der Waals surface area contributed by atoms with Crippen molar-refractivity contribution in [3.8, 4) is 5.75 Å². The van der Waals surface area contributed by atoms with Crippen LogP contribution >= 0.6 is 23.5 Å². The lowest BCUT2D eigenvalue weighted by molar-refractivity contribution is -0.445. The minimum Gasteiger partial charge on any atom is -0.756 e. The molecule has 570 valence electrons. The van der Waals surface area contributed by atoms with Crippen LogP contribution in [0.25, 0.3) is 16.8 Å². The normalized spacial score (nSPS) is 23.0. The number of allylic oxidation sites excluding steroid dienone is 1. The molecule has 1 saturated heterocycles. The fourth-order valence-corrected chi connectivity index (χ4v) is 18.0. The highest BCUT2D eigenvalue weighted by Gasteiger charge is 2.57. The number of fused-ring (bicyclic) bond motifs is 10. The van der Waals surface area contributed by atoms with Crippen molar-refractivity contribution in [2.75, 3.05) is 77.5 Å². The van der Waals surface area contributed by atoms with E-state index in [9.17, 15) is 47.5 Å². The Morgan fingerprint density at radius 2 is 1.62 bits per heavy atom. The molecule has 1 aromatic heterocycles. The fourth-order valence-electron chi connectivity index (χ4n) is 15.0. The largest absolute Gasteiger partial charge is 0.756 e. The predicted octanol–water partition coefficient (Wildman–Crippen LogP) is 8.95. The molecule has 1 fully saturated rings. The number of phosphoric ester groups is 1. The Bertz CT molecular complexity index is 4490. The lowest BCUT2D eigenvalue weighted by atomic mass is 9.69. The minimum atomic E-state index is -5.90. The maximum absolute atomic E-state index is 13.5. The summed E-state index contributed by atoms with van der Waals surface area (Å²) in [6.45, 7) is 15.0. The van der Waals surface area contributed by atoms with Crippen molar-refractivity contribution in [1.29, 1.82) is 0 Å². The van der Waals surface area contributed by atoms with Crippen molar-refractivity contribution in [3.05, 3.63) is 189 Å². The first kappa shape index (κ1) is 79.4. The molecule has 0 saturated carbocycles. The molecule has 7 N–H and O–H groups in total. The van der Waals surface area contributed by atoms with Gasteiger partial charge in [-0.1, -0.05) is 92.6 Å². The summed E-state index contributed by atoms with van der Waals surface area (Å²) in [6.07, 6.45) is 13.7. The Hall–Kier alpha value is -7.63. The minimum absolute atomic E-state index is 0.00407. The fraction of sp³-hybridized carbons (Fsp3) is 0.459. The van der Waals surface area contributed by atoms with E-state index in [-0.39, 0.29) is 80.0 Å². The summed E-state index contributed by atoms with van der Waals surface area (Å²) in [5, 5.41) is 11.3. The number of amides is 3. The monoisotopic (exact) mass is 1520 g/mol. The predicted molar refractivity (Wildman–Crippen MR) is 391 cm³/mol. The van der Waals surface area contributed by atoms with Crippen molar-refractivity contribution < 1.29 is 98.5 Å². The van der Waals surface area contributed by atoms with Crippen LogP contribution in [0.3, 0.4) is 0 Å². The zero-order valence-corrected chi connectivity index (χ0v) is 62.2. The second-order valence-corrected chi connectivity index (χ2v) is 31.5. The number of nitrogens with one attached hydrogen (secondary N) is 4. The average Bonchev–Trinajstić information content (AvgIpc) is 1.54. The van der Waals surface area contributed by atoms with Crippen LogP contribution in [0.15, 0.2) is 155 Å². The molecule has 0 radical (unpaired) electrons. The number of unbranched alkanes of at least 4 members (excludes halogenated alkanes) is 3. The van der Waals surface area contributed by atoms with E-state index >= 15 is 0 Å². The Balaban J connectivity index is 0.609. The zero-order chi connectivity index (χ0) is 75.4. The summed E-state index contributed by atoms with van der Waals surface area (Å²) in [6, 6.07) is 28.8. The standard InChI is InChI=1S/C74H92N7O22P3/c1-6-9-32-74(5)67-53-24-12-11-20-49(53)28-29-58(67)80-38-31-60-55(69(74)80)42-54-59(100-60)30-37-79-57-26-14-13-25-56(57)73(4,68(54)79)33-18-27-63(82)75-34-15-10-16-35-77-70(84)50-21-17-23-52(41-50)96-47-66(95-40-8-3)97-46-64(83)76-36-19-22-51-44-81(72(86)78-71(51)85)65-43-61(98-48-94-39-7-2)62(101-65)45-99-105(90,91)103-106(92,93)102-104(87,88)89/h7-8,11-14,17,19-26,28-29,41-42,44,59-62,65-66H,2-3,6,9-10,15-16,18,27,30-40,43,45-48H2,1,4-5H3,(H7-,75,76,77,78,82,83,84,85,86,87,88,89,90,91,92,93)/b22-19+/t59?,60?,61?,62-,65-,66?,73?,74?/m1/s1. The van der Waals surface area contributed by atoms with E-state index in [1.54, 1.807) is 24.3 Å². The number of H-pyrrole nitrogens is 1. The Kier molecular flexibility index (Phi) is 26.3. The van der Waals surface area contributed by atoms with E-state index < -0.39 is 78.6 Å². The third-order valence-corrected chi connectivity index (χ3v) is 23.5. The van der Waals surface area contributed by atoms with E-state index in [1.165, 1.54) is 80.1 Å². The van der Waals surface area contributed by atoms with Gasteiger partial charge in [-0.25, -0.2) is 18.2 Å². The maximum Gasteiger partial charge on any atom is 0.487 e. The number of phosphoric acid groups is 3. The summed E-state index contributed by atoms with van der Waals surface area (Å²) in [4.78, 5) is 110. The molecule has 0 bridgehead atoms. The number of anilines is 1. The van der Waals surface area contributed by atoms with Gasteiger partial charge in [0.2, 0.25) is 17.5 Å². The number of hydrogen-bond donors (Lipinski definition) is 7. The summed E-state index contributed by atoms with van der Waals surface area (Å²) in [5.74, 6) is -0.535. The molecule has 0 spiro atoms. The number of para-hydroxylation sites is 1. The van der Waals surface area contributed by atoms with Crippen LogP contribution < -0.4 is 41.7 Å². The van der Waals surface area contributed by atoms with Crippen molar-refractivity contribution in [3.63, 3.8) is 0 Å². The van der Waals surface area contributed by atoms with E-state index in [0.717, 1.165) is 75.2 Å². The molecule has 11 rings (SSSR count). The van der Waals surface area contributed by atoms with E-state index in [4.69, 9.17) is 42.9 Å². The molecule has 6 aliphatic rings. The molecule has 3 amide bonds. The van der Waals surface area contributed by atoms with Crippen molar-refractivity contribution in [1.82, 2.24) is 25.5 Å². The molecule has 0 aliphatic carbocycles. The van der Waals surface area contributed by atoms with Gasteiger partial charge >= 0.3 is 21.3 Å². The SMILES string of the molecule is C=CCOCOC1C[C@H](n2cc(/C=C/CNC(=O)COC(COc3cccc(C(=O)NCCCCCNC(=O)CCCC4(C)C5=C6C=C7C8=[N+](CCC7OC6CCN5c5ccccc54)c4ccc5ccccc5c4C8(C)CCCC)c3)OCC=C)c(=O)[nH]c2=O)O[C@@H]1COP(=O)([O-])OP(=O)(O)OP(=O)(O)O. The van der Waals surface area contributed by atoms with E-state index in [1.807, 2.05) is 0 Å². The van der Waals surface area contributed by atoms with Gasteiger partial charge in [0, 0.05) is 96.8 Å². The van der Waals surface area contributed by atoms with Gasteiger partial charge in [0.25, 0.3) is 19.3 Å². The van der Waals surface area contributed by atoms with Gasteiger partial charge < -0.3 is 78.1 Å². The second kappa shape index (κ2) is 35.2. The molecule has 32 heteroatoms. The van der Waals surface area contributed by atoms with Crippen molar-refractivity contribution >= 4 is 75.1 Å². The number of ether oxygens (including phenoxy) is 7. The van der Waals surface area contributed by atoms with Crippen LogP contribution in [-0.4, -0.2) is 155 Å². The number of nitrogens with zero attached hydrogens (tertiary/aromatic N) is 3.